The molecule has 0 aliphatic rings. The van der Waals surface area contributed by atoms with Crippen molar-refractivity contribution in [3.05, 3.63) is 22.7 Å². The molecular weight excluding hydrogens is 208 g/mol. The third-order valence-corrected chi connectivity index (χ3v) is 2.04. The van der Waals surface area contributed by atoms with E-state index in [1.807, 2.05) is 6.92 Å². The molecular formula is C8H9BrO2. The van der Waals surface area contributed by atoms with Gasteiger partial charge in [-0.25, -0.2) is 0 Å². The molecule has 60 valence electrons. The van der Waals surface area contributed by atoms with Gasteiger partial charge in [-0.05, 0) is 35.0 Å². The summed E-state index contributed by atoms with van der Waals surface area (Å²) in [5, 5.41) is 9.20. The lowest BCUT2D eigenvalue weighted by Crippen LogP contribution is -1.91. The number of ether oxygens (including phenoxy) is 1. The van der Waals surface area contributed by atoms with Crippen molar-refractivity contribution in [2.45, 2.75) is 6.92 Å². The van der Waals surface area contributed by atoms with Gasteiger partial charge in [-0.15, -0.1) is 0 Å². The van der Waals surface area contributed by atoms with Crippen LogP contribution in [-0.4, -0.2) is 11.7 Å². The molecule has 2 nitrogen and oxygen atoms in total. The molecule has 0 atom stereocenters. The number of phenolic OH excluding ortho intramolecular Hbond substituents is 1. The molecule has 0 fully saturated rings. The van der Waals surface area contributed by atoms with Crippen LogP contribution in [0.15, 0.2) is 22.7 Å². The molecule has 0 bridgehead atoms. The van der Waals surface area contributed by atoms with Crippen LogP contribution in [0.4, 0.5) is 0 Å². The predicted octanol–water partition coefficient (Wildman–Crippen LogP) is 2.55. The van der Waals surface area contributed by atoms with E-state index in [1.165, 1.54) is 0 Å². The highest BCUT2D eigenvalue weighted by Crippen LogP contribution is 2.32. The van der Waals surface area contributed by atoms with Gasteiger partial charge in [0.15, 0.2) is 0 Å². The molecule has 1 aromatic carbocycles. The molecule has 0 aliphatic heterocycles. The molecule has 0 radical (unpaired) electrons. The molecule has 0 amide bonds. The van der Waals surface area contributed by atoms with E-state index in [9.17, 15) is 5.11 Å². The molecule has 0 saturated heterocycles. The van der Waals surface area contributed by atoms with Crippen LogP contribution in [0.1, 0.15) is 6.92 Å². The first-order chi connectivity index (χ1) is 5.25. The molecule has 1 N–H and O–H groups in total. The number of halogens is 1. The molecule has 0 aromatic heterocycles. The standard InChI is InChI=1S/C8H9BrO2/c1-2-11-7-5-3-4-6(10)8(7)9/h3-5,10H,2H2,1H3. The van der Waals surface area contributed by atoms with Gasteiger partial charge >= 0.3 is 0 Å². The van der Waals surface area contributed by atoms with Crippen LogP contribution in [0.2, 0.25) is 0 Å². The molecule has 1 rings (SSSR count). The zero-order valence-electron chi connectivity index (χ0n) is 6.17. The number of benzene rings is 1. The first kappa shape index (κ1) is 8.40. The molecule has 3 heteroatoms. The Kier molecular flexibility index (Phi) is 2.76. The topological polar surface area (TPSA) is 29.5 Å². The minimum absolute atomic E-state index is 0.205. The lowest BCUT2D eigenvalue weighted by Gasteiger charge is -2.05. The van der Waals surface area contributed by atoms with Crippen molar-refractivity contribution < 1.29 is 9.84 Å². The van der Waals surface area contributed by atoms with Crippen molar-refractivity contribution in [2.75, 3.05) is 6.61 Å². The van der Waals surface area contributed by atoms with E-state index in [0.29, 0.717) is 16.8 Å². The molecule has 0 saturated carbocycles. The lowest BCUT2D eigenvalue weighted by molar-refractivity contribution is 0.335. The van der Waals surface area contributed by atoms with Crippen LogP contribution in [0.25, 0.3) is 0 Å². The zero-order chi connectivity index (χ0) is 8.27. The first-order valence-electron chi connectivity index (χ1n) is 3.36. The Balaban J connectivity index is 2.96. The van der Waals surface area contributed by atoms with E-state index >= 15 is 0 Å². The summed E-state index contributed by atoms with van der Waals surface area (Å²) < 4.78 is 5.82. The molecule has 0 unspecified atom stereocenters. The Labute approximate surface area is 73.9 Å². The summed E-state index contributed by atoms with van der Waals surface area (Å²) in [7, 11) is 0. The van der Waals surface area contributed by atoms with Gasteiger partial charge in [0.05, 0.1) is 6.61 Å². The molecule has 0 heterocycles. The number of hydrogen-bond acceptors (Lipinski definition) is 2. The van der Waals surface area contributed by atoms with Gasteiger partial charge in [-0.2, -0.15) is 0 Å². The van der Waals surface area contributed by atoms with Crippen LogP contribution in [0, 0.1) is 0 Å². The summed E-state index contributed by atoms with van der Waals surface area (Å²) in [5.41, 5.74) is 0. The zero-order valence-corrected chi connectivity index (χ0v) is 7.76. The number of hydrogen-bond donors (Lipinski definition) is 1. The highest BCUT2D eigenvalue weighted by molar-refractivity contribution is 9.10. The van der Waals surface area contributed by atoms with E-state index < -0.39 is 0 Å². The third-order valence-electron chi connectivity index (χ3n) is 1.24. The van der Waals surface area contributed by atoms with Gasteiger partial charge in [0, 0.05) is 0 Å². The second-order valence-electron chi connectivity index (χ2n) is 2.02. The van der Waals surface area contributed by atoms with Gasteiger partial charge in [0.25, 0.3) is 0 Å². The smallest absolute Gasteiger partial charge is 0.137 e. The summed E-state index contributed by atoms with van der Waals surface area (Å²) >= 11 is 3.21. The average molecular weight is 217 g/mol. The first-order valence-corrected chi connectivity index (χ1v) is 4.15. The largest absolute Gasteiger partial charge is 0.507 e. The maximum atomic E-state index is 9.20. The van der Waals surface area contributed by atoms with Crippen molar-refractivity contribution in [1.29, 1.82) is 0 Å². The average Bonchev–Trinajstić information content (AvgIpc) is 1.99. The van der Waals surface area contributed by atoms with Gasteiger partial charge in [0.1, 0.15) is 16.0 Å². The van der Waals surface area contributed by atoms with Gasteiger partial charge in [0.2, 0.25) is 0 Å². The maximum absolute atomic E-state index is 9.20. The Morgan fingerprint density at radius 3 is 2.91 bits per heavy atom. The number of rotatable bonds is 2. The Hall–Kier alpha value is -0.700. The molecule has 11 heavy (non-hydrogen) atoms. The number of phenols is 1. The Morgan fingerprint density at radius 1 is 1.55 bits per heavy atom. The Morgan fingerprint density at radius 2 is 2.27 bits per heavy atom. The quantitative estimate of drug-likeness (QED) is 0.824. The maximum Gasteiger partial charge on any atom is 0.137 e. The highest BCUT2D eigenvalue weighted by Gasteiger charge is 2.03. The second-order valence-corrected chi connectivity index (χ2v) is 2.82. The second kappa shape index (κ2) is 3.62. The van der Waals surface area contributed by atoms with Crippen LogP contribution in [0.3, 0.4) is 0 Å². The minimum atomic E-state index is 0.205. The van der Waals surface area contributed by atoms with E-state index in [0.717, 1.165) is 0 Å². The summed E-state index contributed by atoms with van der Waals surface area (Å²) in [4.78, 5) is 0. The summed E-state index contributed by atoms with van der Waals surface area (Å²) in [6.45, 7) is 2.50. The normalized spacial score (nSPS) is 9.64. The molecule has 0 spiro atoms. The molecule has 1 aromatic rings. The fraction of sp³-hybridized carbons (Fsp3) is 0.250. The van der Waals surface area contributed by atoms with Gasteiger partial charge < -0.3 is 9.84 Å². The monoisotopic (exact) mass is 216 g/mol. The van der Waals surface area contributed by atoms with Gasteiger partial charge in [-0.3, -0.25) is 0 Å². The lowest BCUT2D eigenvalue weighted by atomic mass is 10.3. The number of aromatic hydroxyl groups is 1. The van der Waals surface area contributed by atoms with Crippen LogP contribution < -0.4 is 4.74 Å². The van der Waals surface area contributed by atoms with E-state index in [-0.39, 0.29) is 5.75 Å². The fourth-order valence-electron chi connectivity index (χ4n) is 0.766. The van der Waals surface area contributed by atoms with Crippen LogP contribution >= 0.6 is 15.9 Å². The highest BCUT2D eigenvalue weighted by atomic mass is 79.9. The summed E-state index contributed by atoms with van der Waals surface area (Å²) in [6, 6.07) is 5.14. The third kappa shape index (κ3) is 1.87. The van der Waals surface area contributed by atoms with Crippen molar-refractivity contribution in [1.82, 2.24) is 0 Å². The fourth-order valence-corrected chi connectivity index (χ4v) is 1.14. The van der Waals surface area contributed by atoms with E-state index in [1.54, 1.807) is 18.2 Å². The van der Waals surface area contributed by atoms with Gasteiger partial charge in [-0.1, -0.05) is 6.07 Å². The van der Waals surface area contributed by atoms with Crippen LogP contribution in [-0.2, 0) is 0 Å². The summed E-state index contributed by atoms with van der Waals surface area (Å²) in [5.74, 6) is 0.878. The van der Waals surface area contributed by atoms with E-state index in [4.69, 9.17) is 4.74 Å². The SMILES string of the molecule is CCOc1cccc(O)c1Br. The van der Waals surface area contributed by atoms with Crippen molar-refractivity contribution in [2.24, 2.45) is 0 Å². The minimum Gasteiger partial charge on any atom is -0.507 e. The molecule has 0 aliphatic carbocycles. The summed E-state index contributed by atoms with van der Waals surface area (Å²) in [6.07, 6.45) is 0. The van der Waals surface area contributed by atoms with Crippen molar-refractivity contribution in [3.63, 3.8) is 0 Å². The Bertz CT molecular complexity index is 248. The van der Waals surface area contributed by atoms with E-state index in [2.05, 4.69) is 15.9 Å². The predicted molar refractivity (Wildman–Crippen MR) is 47.0 cm³/mol. The van der Waals surface area contributed by atoms with Crippen LogP contribution in [0.5, 0.6) is 11.5 Å². The van der Waals surface area contributed by atoms with Crippen molar-refractivity contribution in [3.8, 4) is 11.5 Å². The van der Waals surface area contributed by atoms with Crippen molar-refractivity contribution >= 4 is 15.9 Å².